The molecule has 1 aromatic carbocycles. The van der Waals surface area contributed by atoms with E-state index >= 15 is 0 Å². The molecule has 4 rings (SSSR count). The van der Waals surface area contributed by atoms with Crippen molar-refractivity contribution in [1.29, 1.82) is 0 Å². The molecule has 2 heterocycles. The first-order valence-electron chi connectivity index (χ1n) is 7.06. The van der Waals surface area contributed by atoms with E-state index in [0.29, 0.717) is 11.5 Å². The van der Waals surface area contributed by atoms with Crippen molar-refractivity contribution in [1.82, 2.24) is 19.9 Å². The minimum atomic E-state index is 0.196. The summed E-state index contributed by atoms with van der Waals surface area (Å²) in [7, 11) is 0. The Balaban J connectivity index is 1.80. The number of imidazole rings is 1. The molecule has 0 fully saturated rings. The van der Waals surface area contributed by atoms with Gasteiger partial charge in [0.05, 0.1) is 6.33 Å². The normalized spacial score (nSPS) is 14.1. The van der Waals surface area contributed by atoms with Gasteiger partial charge in [0.25, 0.3) is 0 Å². The lowest BCUT2D eigenvalue weighted by molar-refractivity contribution is 0.687. The molecule has 2 N–H and O–H groups in total. The molecule has 0 amide bonds. The standard InChI is InChI=1S/C15H14ClN5/c16-15-20-13-12(17-8-18-13)14(21-15)19-11-7-3-5-9-4-1-2-6-10(9)11/h3,5,7-8H,1-2,4,6H2,(H2,17,18,19,20,21). The third-order valence-electron chi connectivity index (χ3n) is 3.91. The van der Waals surface area contributed by atoms with E-state index in [9.17, 15) is 0 Å². The van der Waals surface area contributed by atoms with Crippen LogP contribution in [0.2, 0.25) is 5.28 Å². The van der Waals surface area contributed by atoms with E-state index in [-0.39, 0.29) is 5.28 Å². The van der Waals surface area contributed by atoms with Crippen molar-refractivity contribution in [2.45, 2.75) is 25.7 Å². The van der Waals surface area contributed by atoms with Crippen LogP contribution in [0, 0.1) is 0 Å². The molecule has 3 aromatic rings. The highest BCUT2D eigenvalue weighted by Gasteiger charge is 2.15. The van der Waals surface area contributed by atoms with Crippen LogP contribution in [0.5, 0.6) is 0 Å². The maximum absolute atomic E-state index is 5.97. The van der Waals surface area contributed by atoms with Gasteiger partial charge < -0.3 is 10.3 Å². The SMILES string of the molecule is Clc1nc(Nc2cccc3c2CCCC3)c2[nH]cnc2n1. The van der Waals surface area contributed by atoms with E-state index in [0.717, 1.165) is 24.0 Å². The number of benzene rings is 1. The van der Waals surface area contributed by atoms with Gasteiger partial charge in [-0.3, -0.25) is 0 Å². The van der Waals surface area contributed by atoms with Gasteiger partial charge in [0.15, 0.2) is 11.5 Å². The fraction of sp³-hybridized carbons (Fsp3) is 0.267. The number of nitrogens with zero attached hydrogens (tertiary/aromatic N) is 3. The third kappa shape index (κ3) is 2.23. The quantitative estimate of drug-likeness (QED) is 0.709. The van der Waals surface area contributed by atoms with Crippen LogP contribution in [0.3, 0.4) is 0 Å². The predicted molar refractivity (Wildman–Crippen MR) is 83.1 cm³/mol. The van der Waals surface area contributed by atoms with Crippen molar-refractivity contribution in [2.24, 2.45) is 0 Å². The number of rotatable bonds is 2. The van der Waals surface area contributed by atoms with E-state index < -0.39 is 0 Å². The smallest absolute Gasteiger partial charge is 0.226 e. The second-order valence-corrected chi connectivity index (χ2v) is 5.56. The van der Waals surface area contributed by atoms with E-state index in [4.69, 9.17) is 11.6 Å². The molecule has 0 aliphatic heterocycles. The Morgan fingerprint density at radius 2 is 2.05 bits per heavy atom. The Hall–Kier alpha value is -2.14. The maximum Gasteiger partial charge on any atom is 0.226 e. The van der Waals surface area contributed by atoms with Gasteiger partial charge >= 0.3 is 0 Å². The number of anilines is 2. The molecular formula is C15H14ClN5. The van der Waals surface area contributed by atoms with Crippen molar-refractivity contribution >= 4 is 34.3 Å². The van der Waals surface area contributed by atoms with Crippen LogP contribution in [-0.2, 0) is 12.8 Å². The lowest BCUT2D eigenvalue weighted by Crippen LogP contribution is -2.07. The monoisotopic (exact) mass is 299 g/mol. The highest BCUT2D eigenvalue weighted by molar-refractivity contribution is 6.28. The summed E-state index contributed by atoms with van der Waals surface area (Å²) < 4.78 is 0. The van der Waals surface area contributed by atoms with Crippen LogP contribution in [0.4, 0.5) is 11.5 Å². The van der Waals surface area contributed by atoms with Gasteiger partial charge in [-0.2, -0.15) is 9.97 Å². The highest BCUT2D eigenvalue weighted by atomic mass is 35.5. The number of aromatic nitrogens is 4. The van der Waals surface area contributed by atoms with E-state index in [2.05, 4.69) is 43.5 Å². The topological polar surface area (TPSA) is 66.5 Å². The van der Waals surface area contributed by atoms with Gasteiger partial charge in [-0.1, -0.05) is 12.1 Å². The molecular weight excluding hydrogens is 286 g/mol. The molecule has 0 radical (unpaired) electrons. The molecule has 0 spiro atoms. The molecule has 5 nitrogen and oxygen atoms in total. The fourth-order valence-electron chi connectivity index (χ4n) is 2.92. The number of nitrogens with one attached hydrogen (secondary N) is 2. The first-order valence-corrected chi connectivity index (χ1v) is 7.43. The number of halogens is 1. The summed E-state index contributed by atoms with van der Waals surface area (Å²) in [6.45, 7) is 0. The average Bonchev–Trinajstić information content (AvgIpc) is 2.96. The van der Waals surface area contributed by atoms with Crippen LogP contribution in [-0.4, -0.2) is 19.9 Å². The number of fused-ring (bicyclic) bond motifs is 2. The Labute approximate surface area is 126 Å². The Bertz CT molecular complexity index is 811. The molecule has 0 unspecified atom stereocenters. The van der Waals surface area contributed by atoms with Gasteiger partial charge in [-0.15, -0.1) is 0 Å². The summed E-state index contributed by atoms with van der Waals surface area (Å²) in [5, 5.41) is 3.59. The van der Waals surface area contributed by atoms with E-state index in [1.165, 1.54) is 24.0 Å². The van der Waals surface area contributed by atoms with E-state index in [1.807, 2.05) is 0 Å². The molecule has 2 aromatic heterocycles. The van der Waals surface area contributed by atoms with Crippen LogP contribution in [0.15, 0.2) is 24.5 Å². The lowest BCUT2D eigenvalue weighted by atomic mass is 9.90. The van der Waals surface area contributed by atoms with Crippen molar-refractivity contribution in [3.8, 4) is 0 Å². The van der Waals surface area contributed by atoms with Gasteiger partial charge in [0.2, 0.25) is 5.28 Å². The van der Waals surface area contributed by atoms with Crippen LogP contribution < -0.4 is 5.32 Å². The second-order valence-electron chi connectivity index (χ2n) is 5.22. The number of H-pyrrole nitrogens is 1. The van der Waals surface area contributed by atoms with Crippen molar-refractivity contribution in [3.63, 3.8) is 0 Å². The zero-order valence-corrected chi connectivity index (χ0v) is 12.1. The Kier molecular flexibility index (Phi) is 3.00. The molecule has 0 bridgehead atoms. The summed E-state index contributed by atoms with van der Waals surface area (Å²) >= 11 is 5.97. The minimum Gasteiger partial charge on any atom is -0.340 e. The lowest BCUT2D eigenvalue weighted by Gasteiger charge is -2.20. The van der Waals surface area contributed by atoms with Gasteiger partial charge in [0.1, 0.15) is 5.52 Å². The maximum atomic E-state index is 5.97. The molecule has 21 heavy (non-hydrogen) atoms. The number of hydrogen-bond donors (Lipinski definition) is 2. The highest BCUT2D eigenvalue weighted by Crippen LogP contribution is 2.31. The Morgan fingerprint density at radius 3 is 3.00 bits per heavy atom. The molecule has 0 saturated carbocycles. The zero-order chi connectivity index (χ0) is 14.2. The van der Waals surface area contributed by atoms with Crippen LogP contribution >= 0.6 is 11.6 Å². The van der Waals surface area contributed by atoms with Gasteiger partial charge in [-0.05, 0) is 54.5 Å². The van der Waals surface area contributed by atoms with Gasteiger partial charge in [-0.25, -0.2) is 4.98 Å². The van der Waals surface area contributed by atoms with Crippen molar-refractivity contribution in [2.75, 3.05) is 5.32 Å². The molecule has 0 atom stereocenters. The largest absolute Gasteiger partial charge is 0.340 e. The molecule has 106 valence electrons. The summed E-state index contributed by atoms with van der Waals surface area (Å²) in [4.78, 5) is 15.6. The molecule has 0 saturated heterocycles. The summed E-state index contributed by atoms with van der Waals surface area (Å²) in [6, 6.07) is 6.38. The third-order valence-corrected chi connectivity index (χ3v) is 4.08. The number of aryl methyl sites for hydroxylation is 1. The average molecular weight is 300 g/mol. The second kappa shape index (κ2) is 5.00. The van der Waals surface area contributed by atoms with Crippen molar-refractivity contribution in [3.05, 3.63) is 40.9 Å². The summed E-state index contributed by atoms with van der Waals surface area (Å²) in [5.74, 6) is 0.668. The van der Waals surface area contributed by atoms with Gasteiger partial charge in [0, 0.05) is 5.69 Å². The Morgan fingerprint density at radius 1 is 1.14 bits per heavy atom. The minimum absolute atomic E-state index is 0.196. The van der Waals surface area contributed by atoms with Crippen molar-refractivity contribution < 1.29 is 0 Å². The summed E-state index contributed by atoms with van der Waals surface area (Å²) in [6.07, 6.45) is 6.34. The fourth-order valence-corrected chi connectivity index (χ4v) is 3.09. The number of aromatic amines is 1. The number of hydrogen-bond acceptors (Lipinski definition) is 4. The first-order chi connectivity index (χ1) is 10.3. The summed E-state index contributed by atoms with van der Waals surface area (Å²) in [5.41, 5.74) is 5.24. The molecule has 6 heteroatoms. The van der Waals surface area contributed by atoms with E-state index in [1.54, 1.807) is 6.33 Å². The first kappa shape index (κ1) is 12.6. The molecule has 1 aliphatic rings. The predicted octanol–water partition coefficient (Wildman–Crippen LogP) is 3.63. The zero-order valence-electron chi connectivity index (χ0n) is 11.4. The van der Waals surface area contributed by atoms with Crippen LogP contribution in [0.25, 0.3) is 11.2 Å². The molecule has 1 aliphatic carbocycles. The van der Waals surface area contributed by atoms with Crippen LogP contribution in [0.1, 0.15) is 24.0 Å².